The number of amides is 1. The van der Waals surface area contributed by atoms with Gasteiger partial charge >= 0.3 is 0 Å². The summed E-state index contributed by atoms with van der Waals surface area (Å²) in [6.45, 7) is 2.85. The molecular weight excluding hydrogens is 380 g/mol. The SMILES string of the molecule is COCC(C)NC(=O)C1CCN(S(=O)(=O)c2cc(Cl)ccc2OC)CC1. The van der Waals surface area contributed by atoms with Crippen LogP contribution in [0.5, 0.6) is 5.75 Å². The minimum absolute atomic E-state index is 0.0455. The Hall–Kier alpha value is -1.35. The van der Waals surface area contributed by atoms with Crippen LogP contribution in [-0.4, -0.2) is 58.6 Å². The fourth-order valence-electron chi connectivity index (χ4n) is 3.00. The lowest BCUT2D eigenvalue weighted by atomic mass is 9.97. The van der Waals surface area contributed by atoms with E-state index in [1.54, 1.807) is 13.2 Å². The number of rotatable bonds is 7. The van der Waals surface area contributed by atoms with Gasteiger partial charge in [-0.2, -0.15) is 4.31 Å². The molecule has 1 aliphatic rings. The van der Waals surface area contributed by atoms with Gasteiger partial charge in [0, 0.05) is 37.2 Å². The third-order valence-electron chi connectivity index (χ3n) is 4.37. The molecule has 1 N–H and O–H groups in total. The molecule has 1 aromatic carbocycles. The Balaban J connectivity index is 2.05. The topological polar surface area (TPSA) is 84.9 Å². The summed E-state index contributed by atoms with van der Waals surface area (Å²) in [5.74, 6) is -0.0170. The zero-order valence-electron chi connectivity index (χ0n) is 15.2. The molecule has 1 aliphatic heterocycles. The summed E-state index contributed by atoms with van der Waals surface area (Å²) >= 11 is 5.96. The number of benzene rings is 1. The molecule has 0 aliphatic carbocycles. The van der Waals surface area contributed by atoms with E-state index in [4.69, 9.17) is 21.1 Å². The van der Waals surface area contributed by atoms with Gasteiger partial charge < -0.3 is 14.8 Å². The van der Waals surface area contributed by atoms with Crippen LogP contribution in [0.1, 0.15) is 19.8 Å². The van der Waals surface area contributed by atoms with Crippen LogP contribution in [-0.2, 0) is 19.6 Å². The second-order valence-corrected chi connectivity index (χ2v) is 8.68. The number of hydrogen-bond acceptors (Lipinski definition) is 5. The smallest absolute Gasteiger partial charge is 0.246 e. The zero-order valence-corrected chi connectivity index (χ0v) is 16.8. The number of methoxy groups -OCH3 is 2. The largest absolute Gasteiger partial charge is 0.495 e. The molecule has 0 radical (unpaired) electrons. The van der Waals surface area contributed by atoms with Gasteiger partial charge in [-0.15, -0.1) is 0 Å². The molecule has 26 heavy (non-hydrogen) atoms. The molecule has 2 rings (SSSR count). The predicted octanol–water partition coefficient (Wildman–Crippen LogP) is 1.90. The van der Waals surface area contributed by atoms with Crippen molar-refractivity contribution in [2.75, 3.05) is 33.9 Å². The van der Waals surface area contributed by atoms with Crippen LogP contribution in [0.15, 0.2) is 23.1 Å². The van der Waals surface area contributed by atoms with Crippen molar-refractivity contribution in [3.8, 4) is 5.75 Å². The van der Waals surface area contributed by atoms with Crippen molar-refractivity contribution in [2.45, 2.75) is 30.7 Å². The van der Waals surface area contributed by atoms with Gasteiger partial charge in [0.1, 0.15) is 10.6 Å². The molecule has 146 valence electrons. The van der Waals surface area contributed by atoms with Crippen molar-refractivity contribution in [3.05, 3.63) is 23.2 Å². The van der Waals surface area contributed by atoms with Crippen LogP contribution in [0.25, 0.3) is 0 Å². The van der Waals surface area contributed by atoms with E-state index in [0.717, 1.165) is 0 Å². The number of hydrogen-bond donors (Lipinski definition) is 1. The molecule has 0 saturated carbocycles. The summed E-state index contributed by atoms with van der Waals surface area (Å²) in [6, 6.07) is 4.43. The number of piperidine rings is 1. The summed E-state index contributed by atoms with van der Waals surface area (Å²) in [6.07, 6.45) is 0.932. The summed E-state index contributed by atoms with van der Waals surface area (Å²) in [7, 11) is -0.740. The Labute approximate surface area is 159 Å². The average Bonchev–Trinajstić information content (AvgIpc) is 2.62. The Morgan fingerprint density at radius 3 is 2.58 bits per heavy atom. The maximum absolute atomic E-state index is 12.9. The number of nitrogens with one attached hydrogen (secondary N) is 1. The second-order valence-electron chi connectivity index (χ2n) is 6.34. The molecule has 1 atom stereocenters. The van der Waals surface area contributed by atoms with Crippen LogP contribution in [0, 0.1) is 5.92 Å². The van der Waals surface area contributed by atoms with Crippen molar-refractivity contribution < 1.29 is 22.7 Å². The van der Waals surface area contributed by atoms with E-state index in [1.165, 1.54) is 23.5 Å². The molecular formula is C17H25ClN2O5S. The molecule has 9 heteroatoms. The maximum atomic E-state index is 12.9. The highest BCUT2D eigenvalue weighted by atomic mass is 35.5. The Morgan fingerprint density at radius 1 is 1.35 bits per heavy atom. The van der Waals surface area contributed by atoms with Crippen molar-refractivity contribution in [2.24, 2.45) is 5.92 Å². The van der Waals surface area contributed by atoms with Gasteiger partial charge in [0.05, 0.1) is 13.7 Å². The lowest BCUT2D eigenvalue weighted by Gasteiger charge is -2.31. The van der Waals surface area contributed by atoms with E-state index >= 15 is 0 Å². The van der Waals surface area contributed by atoms with E-state index < -0.39 is 10.0 Å². The molecule has 7 nitrogen and oxygen atoms in total. The van der Waals surface area contributed by atoms with Gasteiger partial charge in [-0.25, -0.2) is 8.42 Å². The summed E-state index contributed by atoms with van der Waals surface area (Å²) in [4.78, 5) is 12.3. The highest BCUT2D eigenvalue weighted by Crippen LogP contribution is 2.31. The number of carbonyl (C=O) groups excluding carboxylic acids is 1. The Morgan fingerprint density at radius 2 is 2.00 bits per heavy atom. The first-order valence-corrected chi connectivity index (χ1v) is 10.2. The summed E-state index contributed by atoms with van der Waals surface area (Å²) in [5, 5.41) is 3.22. The first-order valence-electron chi connectivity index (χ1n) is 8.42. The number of halogens is 1. The summed E-state index contributed by atoms with van der Waals surface area (Å²) in [5.41, 5.74) is 0. The summed E-state index contributed by atoms with van der Waals surface area (Å²) < 4.78 is 37.4. The van der Waals surface area contributed by atoms with Crippen molar-refractivity contribution >= 4 is 27.5 Å². The normalized spacial score (nSPS) is 17.7. The predicted molar refractivity (Wildman–Crippen MR) is 99.0 cm³/mol. The van der Waals surface area contributed by atoms with Crippen LogP contribution in [0.4, 0.5) is 0 Å². The first-order chi connectivity index (χ1) is 12.3. The third-order valence-corrected chi connectivity index (χ3v) is 6.53. The van der Waals surface area contributed by atoms with E-state index in [2.05, 4.69) is 5.32 Å². The number of ether oxygens (including phenoxy) is 2. The van der Waals surface area contributed by atoms with E-state index in [1.807, 2.05) is 6.92 Å². The fraction of sp³-hybridized carbons (Fsp3) is 0.588. The maximum Gasteiger partial charge on any atom is 0.246 e. The van der Waals surface area contributed by atoms with Crippen LogP contribution in [0.3, 0.4) is 0 Å². The second kappa shape index (κ2) is 9.03. The minimum atomic E-state index is -3.74. The lowest BCUT2D eigenvalue weighted by Crippen LogP contribution is -2.45. The average molecular weight is 405 g/mol. The van der Waals surface area contributed by atoms with Crippen LogP contribution >= 0.6 is 11.6 Å². The van der Waals surface area contributed by atoms with Gasteiger partial charge in [0.2, 0.25) is 15.9 Å². The molecule has 1 fully saturated rings. The molecule has 0 aromatic heterocycles. The molecule has 1 saturated heterocycles. The zero-order chi connectivity index (χ0) is 19.3. The van der Waals surface area contributed by atoms with Crippen molar-refractivity contribution in [1.29, 1.82) is 0 Å². The molecule has 0 spiro atoms. The minimum Gasteiger partial charge on any atom is -0.495 e. The molecule has 1 unspecified atom stereocenters. The van der Waals surface area contributed by atoms with E-state index in [-0.39, 0.29) is 41.6 Å². The van der Waals surface area contributed by atoms with Crippen molar-refractivity contribution in [1.82, 2.24) is 9.62 Å². The van der Waals surface area contributed by atoms with E-state index in [0.29, 0.717) is 24.5 Å². The first kappa shape index (κ1) is 21.0. The standard InChI is InChI=1S/C17H25ClN2O5S/c1-12(11-24-2)19-17(21)13-6-8-20(9-7-13)26(22,23)16-10-14(18)4-5-15(16)25-3/h4-5,10,12-13H,6-9,11H2,1-3H3,(H,19,21). The van der Waals surface area contributed by atoms with Gasteiger partial charge in [-0.05, 0) is 38.0 Å². The molecule has 1 heterocycles. The van der Waals surface area contributed by atoms with Gasteiger partial charge in [-0.3, -0.25) is 4.79 Å². The lowest BCUT2D eigenvalue weighted by molar-refractivity contribution is -0.127. The number of carbonyl (C=O) groups is 1. The quantitative estimate of drug-likeness (QED) is 0.750. The van der Waals surface area contributed by atoms with Gasteiger partial charge in [0.15, 0.2) is 0 Å². The van der Waals surface area contributed by atoms with Gasteiger partial charge in [0.25, 0.3) is 0 Å². The monoisotopic (exact) mass is 404 g/mol. The third kappa shape index (κ3) is 4.88. The van der Waals surface area contributed by atoms with Crippen LogP contribution in [0.2, 0.25) is 5.02 Å². The van der Waals surface area contributed by atoms with E-state index in [9.17, 15) is 13.2 Å². The Kier molecular flexibility index (Phi) is 7.28. The highest BCUT2D eigenvalue weighted by Gasteiger charge is 2.34. The molecule has 1 amide bonds. The number of nitrogens with zero attached hydrogens (tertiary/aromatic N) is 1. The molecule has 1 aromatic rings. The molecule has 0 bridgehead atoms. The van der Waals surface area contributed by atoms with Gasteiger partial charge in [-0.1, -0.05) is 11.6 Å². The fourth-order valence-corrected chi connectivity index (χ4v) is 4.89. The van der Waals surface area contributed by atoms with Crippen LogP contribution < -0.4 is 10.1 Å². The van der Waals surface area contributed by atoms with Crippen molar-refractivity contribution in [3.63, 3.8) is 0 Å². The highest BCUT2D eigenvalue weighted by molar-refractivity contribution is 7.89. The Bertz CT molecular complexity index is 733. The number of sulfonamides is 1.